The summed E-state index contributed by atoms with van der Waals surface area (Å²) < 4.78 is 18.2. The average Bonchev–Trinajstić information content (AvgIpc) is 2.77. The Morgan fingerprint density at radius 1 is 1.03 bits per heavy atom. The lowest BCUT2D eigenvalue weighted by atomic mass is 10.1. The first-order valence-corrected chi connectivity index (χ1v) is 9.31. The first-order chi connectivity index (χ1) is 14.4. The van der Waals surface area contributed by atoms with Crippen LogP contribution in [0.15, 0.2) is 60.7 Å². The lowest BCUT2D eigenvalue weighted by Gasteiger charge is -2.19. The molecular weight excluding hydrogens is 385 g/mol. The highest BCUT2D eigenvalue weighted by molar-refractivity contribution is 6.03. The number of carbonyl (C=O) groups is 2. The molecule has 0 aliphatic carbocycles. The first-order valence-electron chi connectivity index (χ1n) is 9.31. The minimum absolute atomic E-state index is 0.225. The fraction of sp³-hybridized carbons (Fsp3) is 0.174. The smallest absolute Gasteiger partial charge is 0.255 e. The fourth-order valence-electron chi connectivity index (χ4n) is 2.83. The number of amides is 2. The van der Waals surface area contributed by atoms with Crippen molar-refractivity contribution in [1.29, 1.82) is 0 Å². The quantitative estimate of drug-likeness (QED) is 0.675. The fourth-order valence-corrected chi connectivity index (χ4v) is 2.83. The normalized spacial score (nSPS) is 10.4. The molecule has 0 bridgehead atoms. The van der Waals surface area contributed by atoms with Gasteiger partial charge in [-0.25, -0.2) is 9.37 Å². The van der Waals surface area contributed by atoms with Crippen LogP contribution >= 0.6 is 0 Å². The zero-order valence-corrected chi connectivity index (χ0v) is 17.0. The summed E-state index contributed by atoms with van der Waals surface area (Å²) in [5.41, 5.74) is 2.48. The molecule has 6 nitrogen and oxygen atoms in total. The van der Waals surface area contributed by atoms with Gasteiger partial charge in [-0.05, 0) is 54.1 Å². The Kier molecular flexibility index (Phi) is 6.41. The van der Waals surface area contributed by atoms with Crippen LogP contribution in [0.5, 0.6) is 5.75 Å². The highest BCUT2D eigenvalue weighted by Crippen LogP contribution is 2.26. The summed E-state index contributed by atoms with van der Waals surface area (Å²) in [5.74, 6) is 0.0102. The monoisotopic (exact) mass is 407 g/mol. The minimum atomic E-state index is -0.379. The van der Waals surface area contributed by atoms with E-state index in [-0.39, 0.29) is 35.6 Å². The van der Waals surface area contributed by atoms with Crippen molar-refractivity contribution in [3.63, 3.8) is 0 Å². The van der Waals surface area contributed by atoms with E-state index in [9.17, 15) is 14.0 Å². The van der Waals surface area contributed by atoms with E-state index in [0.29, 0.717) is 5.69 Å². The van der Waals surface area contributed by atoms with Crippen LogP contribution in [0.1, 0.15) is 22.8 Å². The number of benzene rings is 2. The number of carbonyl (C=O) groups excluding carboxylic acids is 2. The van der Waals surface area contributed by atoms with E-state index < -0.39 is 0 Å². The Morgan fingerprint density at radius 2 is 1.70 bits per heavy atom. The molecule has 1 heterocycles. The molecule has 0 fully saturated rings. The number of halogens is 1. The lowest BCUT2D eigenvalue weighted by Crippen LogP contribution is -2.30. The van der Waals surface area contributed by atoms with Crippen molar-refractivity contribution in [3.8, 4) is 17.0 Å². The summed E-state index contributed by atoms with van der Waals surface area (Å²) in [5, 5.41) is 2.79. The van der Waals surface area contributed by atoms with E-state index in [1.165, 1.54) is 24.0 Å². The topological polar surface area (TPSA) is 71.5 Å². The van der Waals surface area contributed by atoms with Crippen molar-refractivity contribution >= 4 is 17.6 Å². The molecule has 1 aromatic heterocycles. The maximum Gasteiger partial charge on any atom is 0.255 e. The van der Waals surface area contributed by atoms with E-state index in [1.807, 2.05) is 24.3 Å². The molecule has 2 amide bonds. The number of anilines is 1. The maximum atomic E-state index is 13.0. The van der Waals surface area contributed by atoms with Crippen LogP contribution in [0, 0.1) is 5.82 Å². The summed E-state index contributed by atoms with van der Waals surface area (Å²) in [6.45, 7) is 1.63. The zero-order chi connectivity index (χ0) is 21.7. The molecule has 154 valence electrons. The van der Waals surface area contributed by atoms with E-state index in [4.69, 9.17) is 4.74 Å². The van der Waals surface area contributed by atoms with Gasteiger partial charge in [-0.1, -0.05) is 12.1 Å². The summed E-state index contributed by atoms with van der Waals surface area (Å²) in [7, 11) is 3.16. The van der Waals surface area contributed by atoms with Gasteiger partial charge >= 0.3 is 0 Å². The highest BCUT2D eigenvalue weighted by Gasteiger charge is 2.19. The van der Waals surface area contributed by atoms with Gasteiger partial charge in [-0.3, -0.25) is 14.5 Å². The van der Waals surface area contributed by atoms with Crippen molar-refractivity contribution in [2.24, 2.45) is 0 Å². The minimum Gasteiger partial charge on any atom is -0.497 e. The third-order valence-electron chi connectivity index (χ3n) is 4.66. The van der Waals surface area contributed by atoms with Crippen molar-refractivity contribution in [3.05, 3.63) is 77.6 Å². The van der Waals surface area contributed by atoms with Gasteiger partial charge in [0.25, 0.3) is 5.91 Å². The molecule has 30 heavy (non-hydrogen) atoms. The third-order valence-corrected chi connectivity index (χ3v) is 4.66. The Labute approximate surface area is 174 Å². The number of rotatable bonds is 6. The van der Waals surface area contributed by atoms with Crippen LogP contribution in [-0.4, -0.2) is 31.0 Å². The van der Waals surface area contributed by atoms with Crippen LogP contribution in [0.25, 0.3) is 11.3 Å². The molecule has 0 atom stereocenters. The molecule has 1 N–H and O–H groups in total. The number of aromatic nitrogens is 1. The van der Waals surface area contributed by atoms with Crippen LogP contribution in [0.3, 0.4) is 0 Å². The first kappa shape index (κ1) is 21.0. The van der Waals surface area contributed by atoms with Crippen LogP contribution in [-0.2, 0) is 11.3 Å². The summed E-state index contributed by atoms with van der Waals surface area (Å²) in [6, 6.07) is 16.6. The summed E-state index contributed by atoms with van der Waals surface area (Å²) >= 11 is 0. The molecule has 3 aromatic rings. The summed E-state index contributed by atoms with van der Waals surface area (Å²) in [6.07, 6.45) is 0. The number of hydrogen-bond donors (Lipinski definition) is 1. The molecule has 0 unspecified atom stereocenters. The van der Waals surface area contributed by atoms with Gasteiger partial charge in [-0.15, -0.1) is 0 Å². The molecule has 7 heteroatoms. The van der Waals surface area contributed by atoms with E-state index in [1.54, 1.807) is 38.4 Å². The number of methoxy groups -OCH3 is 1. The SMILES string of the molecule is COc1ccc(-c2ccc(C(=O)NCc3ccc(F)cc3)c(N(C)C(C)=O)n2)cc1. The van der Waals surface area contributed by atoms with Gasteiger partial charge in [0.05, 0.1) is 18.4 Å². The molecule has 0 radical (unpaired) electrons. The summed E-state index contributed by atoms with van der Waals surface area (Å²) in [4.78, 5) is 30.6. The Morgan fingerprint density at radius 3 is 2.30 bits per heavy atom. The second kappa shape index (κ2) is 9.17. The van der Waals surface area contributed by atoms with Gasteiger partial charge in [-0.2, -0.15) is 0 Å². The molecule has 0 saturated carbocycles. The zero-order valence-electron chi connectivity index (χ0n) is 17.0. The number of nitrogens with one attached hydrogen (secondary N) is 1. The van der Waals surface area contributed by atoms with E-state index >= 15 is 0 Å². The van der Waals surface area contributed by atoms with Crippen LogP contribution in [0.4, 0.5) is 10.2 Å². The number of pyridine rings is 1. The lowest BCUT2D eigenvalue weighted by molar-refractivity contribution is -0.116. The molecular formula is C23H22FN3O3. The predicted octanol–water partition coefficient (Wildman–Crippen LogP) is 3.81. The molecule has 2 aromatic carbocycles. The molecule has 0 spiro atoms. The third kappa shape index (κ3) is 4.81. The molecule has 0 aliphatic heterocycles. The number of ether oxygens (including phenoxy) is 1. The molecule has 0 aliphatic rings. The maximum absolute atomic E-state index is 13.0. The van der Waals surface area contributed by atoms with Gasteiger partial charge in [0, 0.05) is 26.1 Å². The Hall–Kier alpha value is -3.74. The molecule has 0 saturated heterocycles. The number of hydrogen-bond acceptors (Lipinski definition) is 4. The van der Waals surface area contributed by atoms with Crippen molar-refractivity contribution in [2.75, 3.05) is 19.1 Å². The van der Waals surface area contributed by atoms with Crippen molar-refractivity contribution in [1.82, 2.24) is 10.3 Å². The highest BCUT2D eigenvalue weighted by atomic mass is 19.1. The number of nitrogens with zero attached hydrogens (tertiary/aromatic N) is 2. The standard InChI is InChI=1S/C23H22FN3O3/c1-15(28)27(2)22-20(23(29)25-14-16-4-8-18(24)9-5-16)12-13-21(26-22)17-6-10-19(30-3)11-7-17/h4-13H,14H2,1-3H3,(H,25,29). The Bertz CT molecular complexity index is 1050. The predicted molar refractivity (Wildman–Crippen MR) is 113 cm³/mol. The Balaban J connectivity index is 1.89. The van der Waals surface area contributed by atoms with E-state index in [2.05, 4.69) is 10.3 Å². The second-order valence-electron chi connectivity index (χ2n) is 6.68. The van der Waals surface area contributed by atoms with Crippen LogP contribution < -0.4 is 15.0 Å². The van der Waals surface area contributed by atoms with Crippen molar-refractivity contribution < 1.29 is 18.7 Å². The van der Waals surface area contributed by atoms with Gasteiger partial charge in [0.1, 0.15) is 17.4 Å². The van der Waals surface area contributed by atoms with E-state index in [0.717, 1.165) is 16.9 Å². The van der Waals surface area contributed by atoms with Crippen molar-refractivity contribution in [2.45, 2.75) is 13.5 Å². The van der Waals surface area contributed by atoms with Gasteiger partial charge in [0.2, 0.25) is 5.91 Å². The van der Waals surface area contributed by atoms with Gasteiger partial charge in [0.15, 0.2) is 0 Å². The largest absolute Gasteiger partial charge is 0.497 e. The second-order valence-corrected chi connectivity index (χ2v) is 6.68. The average molecular weight is 407 g/mol. The van der Waals surface area contributed by atoms with Gasteiger partial charge < -0.3 is 10.1 Å². The molecule has 3 rings (SSSR count). The van der Waals surface area contributed by atoms with Crippen LogP contribution in [0.2, 0.25) is 0 Å².